The van der Waals surface area contributed by atoms with E-state index in [1.807, 2.05) is 85.8 Å². The molecule has 1 aliphatic heterocycles. The second-order valence-corrected chi connectivity index (χ2v) is 8.60. The molecule has 2 amide bonds. The van der Waals surface area contributed by atoms with E-state index in [-0.39, 0.29) is 18.2 Å². The normalized spacial score (nSPS) is 12.2. The van der Waals surface area contributed by atoms with Gasteiger partial charge in [0.2, 0.25) is 5.91 Å². The monoisotopic (exact) mass is 477 g/mol. The first-order valence-corrected chi connectivity index (χ1v) is 12.1. The van der Waals surface area contributed by atoms with Crippen LogP contribution >= 0.6 is 0 Å². The molecule has 6 nitrogen and oxygen atoms in total. The molecule has 1 N–H and O–H groups in total. The van der Waals surface area contributed by atoms with Gasteiger partial charge in [-0.3, -0.25) is 14.6 Å². The fourth-order valence-corrected chi connectivity index (χ4v) is 4.53. The smallest absolute Gasteiger partial charge is 0.256 e. The number of pyridine rings is 1. The minimum Gasteiger partial charge on any atom is -0.494 e. The van der Waals surface area contributed by atoms with Crippen molar-refractivity contribution in [3.8, 4) is 16.9 Å². The Morgan fingerprint density at radius 2 is 1.81 bits per heavy atom. The van der Waals surface area contributed by atoms with E-state index in [1.165, 1.54) is 0 Å². The average molecular weight is 478 g/mol. The molecular weight excluding hydrogens is 450 g/mol. The van der Waals surface area contributed by atoms with Crippen LogP contribution in [0.4, 0.5) is 11.4 Å². The van der Waals surface area contributed by atoms with Crippen molar-refractivity contribution in [3.63, 3.8) is 0 Å². The van der Waals surface area contributed by atoms with Crippen molar-refractivity contribution < 1.29 is 14.3 Å². The molecule has 4 aromatic rings. The number of carbonyl (C=O) groups is 2. The Morgan fingerprint density at radius 1 is 0.972 bits per heavy atom. The molecule has 5 rings (SSSR count). The molecule has 0 saturated carbocycles. The van der Waals surface area contributed by atoms with Crippen LogP contribution in [0.5, 0.6) is 5.75 Å². The van der Waals surface area contributed by atoms with Crippen LogP contribution in [0.2, 0.25) is 0 Å². The van der Waals surface area contributed by atoms with Gasteiger partial charge in [0.15, 0.2) is 0 Å². The summed E-state index contributed by atoms with van der Waals surface area (Å²) in [6.45, 7) is 3.05. The fraction of sp³-hybridized carbons (Fsp3) is 0.167. The van der Waals surface area contributed by atoms with E-state index >= 15 is 0 Å². The van der Waals surface area contributed by atoms with Crippen LogP contribution in [0.25, 0.3) is 11.1 Å². The van der Waals surface area contributed by atoms with Crippen molar-refractivity contribution >= 4 is 23.2 Å². The number of ether oxygens (including phenoxy) is 1. The summed E-state index contributed by atoms with van der Waals surface area (Å²) in [4.78, 5) is 32.4. The van der Waals surface area contributed by atoms with Crippen LogP contribution in [0.1, 0.15) is 28.5 Å². The van der Waals surface area contributed by atoms with Crippen LogP contribution < -0.4 is 15.0 Å². The molecule has 1 aliphatic rings. The SMILES string of the molecule is CCOc1ccc(-c2ccccc2)c(C(=O)Nc2ccc3c(c2)CCN3C(=O)Cc2ccccn2)c1. The van der Waals surface area contributed by atoms with Crippen LogP contribution in [-0.2, 0) is 17.6 Å². The zero-order chi connectivity index (χ0) is 24.9. The third-order valence-corrected chi connectivity index (χ3v) is 6.22. The molecule has 6 heteroatoms. The lowest BCUT2D eigenvalue weighted by Crippen LogP contribution is -2.30. The number of fused-ring (bicyclic) bond motifs is 1. The van der Waals surface area contributed by atoms with E-state index < -0.39 is 0 Å². The number of nitrogens with one attached hydrogen (secondary N) is 1. The highest BCUT2D eigenvalue weighted by atomic mass is 16.5. The molecule has 0 bridgehead atoms. The predicted molar refractivity (Wildman–Crippen MR) is 141 cm³/mol. The van der Waals surface area contributed by atoms with Crippen molar-refractivity contribution in [1.29, 1.82) is 0 Å². The standard InChI is InChI=1S/C30H27N3O3/c1-2-36-25-12-13-26(21-8-4-3-5-9-21)27(20-25)30(35)32-24-11-14-28-22(18-24)15-17-33(28)29(34)19-23-10-6-7-16-31-23/h3-14,16,18,20H,2,15,17,19H2,1H3,(H,32,35). The Kier molecular flexibility index (Phi) is 6.76. The van der Waals surface area contributed by atoms with Gasteiger partial charge >= 0.3 is 0 Å². The largest absolute Gasteiger partial charge is 0.494 e. The summed E-state index contributed by atoms with van der Waals surface area (Å²) in [7, 11) is 0. The van der Waals surface area contributed by atoms with Gasteiger partial charge in [0.1, 0.15) is 5.75 Å². The minimum absolute atomic E-state index is 0.0180. The highest BCUT2D eigenvalue weighted by molar-refractivity contribution is 6.09. The van der Waals surface area contributed by atoms with E-state index in [1.54, 1.807) is 17.2 Å². The van der Waals surface area contributed by atoms with Gasteiger partial charge in [0.05, 0.1) is 18.6 Å². The van der Waals surface area contributed by atoms with E-state index in [2.05, 4.69) is 10.3 Å². The molecule has 0 radical (unpaired) electrons. The lowest BCUT2D eigenvalue weighted by molar-refractivity contribution is -0.117. The van der Waals surface area contributed by atoms with Crippen molar-refractivity contribution in [2.24, 2.45) is 0 Å². The maximum atomic E-state index is 13.4. The van der Waals surface area contributed by atoms with Gasteiger partial charge in [-0.15, -0.1) is 0 Å². The Bertz CT molecular complexity index is 1390. The molecule has 0 spiro atoms. The molecule has 36 heavy (non-hydrogen) atoms. The summed E-state index contributed by atoms with van der Waals surface area (Å²) in [6, 6.07) is 26.7. The third kappa shape index (κ3) is 4.98. The molecule has 2 heterocycles. The van der Waals surface area contributed by atoms with Crippen molar-refractivity contribution in [2.75, 3.05) is 23.4 Å². The molecule has 3 aromatic carbocycles. The second kappa shape index (κ2) is 10.4. The molecule has 0 fully saturated rings. The summed E-state index contributed by atoms with van der Waals surface area (Å²) in [5.74, 6) is 0.458. The number of amides is 2. The van der Waals surface area contributed by atoms with Gasteiger partial charge in [-0.05, 0) is 78.6 Å². The number of hydrogen-bond acceptors (Lipinski definition) is 4. The Hall–Kier alpha value is -4.45. The zero-order valence-corrected chi connectivity index (χ0v) is 20.1. The van der Waals surface area contributed by atoms with E-state index in [9.17, 15) is 9.59 Å². The summed E-state index contributed by atoms with van der Waals surface area (Å²) in [5, 5.41) is 3.04. The number of rotatable bonds is 7. The van der Waals surface area contributed by atoms with Gasteiger partial charge in [-0.25, -0.2) is 0 Å². The summed E-state index contributed by atoms with van der Waals surface area (Å²) in [6.07, 6.45) is 2.70. The lowest BCUT2D eigenvalue weighted by Gasteiger charge is -2.18. The zero-order valence-electron chi connectivity index (χ0n) is 20.1. The van der Waals surface area contributed by atoms with Gasteiger partial charge in [-0.1, -0.05) is 36.4 Å². The predicted octanol–water partition coefficient (Wildman–Crippen LogP) is 5.53. The van der Waals surface area contributed by atoms with Crippen LogP contribution in [0.3, 0.4) is 0 Å². The van der Waals surface area contributed by atoms with E-state index in [0.29, 0.717) is 30.2 Å². The van der Waals surface area contributed by atoms with Crippen LogP contribution in [0.15, 0.2) is 91.1 Å². The number of hydrogen-bond donors (Lipinski definition) is 1. The van der Waals surface area contributed by atoms with Crippen LogP contribution in [0, 0.1) is 0 Å². The van der Waals surface area contributed by atoms with Crippen LogP contribution in [-0.4, -0.2) is 29.9 Å². The van der Waals surface area contributed by atoms with Crippen molar-refractivity contribution in [2.45, 2.75) is 19.8 Å². The number of nitrogens with zero attached hydrogens (tertiary/aromatic N) is 2. The lowest BCUT2D eigenvalue weighted by atomic mass is 9.98. The second-order valence-electron chi connectivity index (χ2n) is 8.60. The fourth-order valence-electron chi connectivity index (χ4n) is 4.53. The van der Waals surface area contributed by atoms with Gasteiger partial charge in [0.25, 0.3) is 5.91 Å². The molecule has 0 saturated heterocycles. The van der Waals surface area contributed by atoms with Gasteiger partial charge < -0.3 is 15.0 Å². The first-order valence-electron chi connectivity index (χ1n) is 12.1. The number of anilines is 2. The number of carbonyl (C=O) groups excluding carboxylic acids is 2. The Labute approximate surface area is 210 Å². The summed E-state index contributed by atoms with van der Waals surface area (Å²) >= 11 is 0. The molecule has 0 aliphatic carbocycles. The molecule has 180 valence electrons. The number of benzene rings is 3. The van der Waals surface area contributed by atoms with E-state index in [4.69, 9.17) is 4.74 Å². The molecule has 0 atom stereocenters. The third-order valence-electron chi connectivity index (χ3n) is 6.22. The highest BCUT2D eigenvalue weighted by Crippen LogP contribution is 2.32. The summed E-state index contributed by atoms with van der Waals surface area (Å²) in [5.41, 5.74) is 5.71. The van der Waals surface area contributed by atoms with E-state index in [0.717, 1.165) is 34.5 Å². The topological polar surface area (TPSA) is 71.5 Å². The molecule has 0 unspecified atom stereocenters. The quantitative estimate of drug-likeness (QED) is 0.380. The summed E-state index contributed by atoms with van der Waals surface area (Å²) < 4.78 is 5.65. The van der Waals surface area contributed by atoms with Gasteiger partial charge in [0, 0.05) is 29.8 Å². The maximum Gasteiger partial charge on any atom is 0.256 e. The first-order chi connectivity index (χ1) is 17.6. The number of aromatic nitrogens is 1. The first kappa shape index (κ1) is 23.3. The maximum absolute atomic E-state index is 13.4. The highest BCUT2D eigenvalue weighted by Gasteiger charge is 2.25. The average Bonchev–Trinajstić information content (AvgIpc) is 3.33. The Morgan fingerprint density at radius 3 is 2.58 bits per heavy atom. The molecule has 1 aromatic heterocycles. The van der Waals surface area contributed by atoms with Gasteiger partial charge in [-0.2, -0.15) is 0 Å². The Balaban J connectivity index is 1.36. The van der Waals surface area contributed by atoms with Crippen molar-refractivity contribution in [3.05, 3.63) is 108 Å². The minimum atomic E-state index is -0.212. The van der Waals surface area contributed by atoms with Crippen molar-refractivity contribution in [1.82, 2.24) is 4.98 Å². The molecular formula is C30H27N3O3.